The lowest BCUT2D eigenvalue weighted by Crippen LogP contribution is -2.37. The summed E-state index contributed by atoms with van der Waals surface area (Å²) in [5.41, 5.74) is 3.18. The van der Waals surface area contributed by atoms with E-state index in [-0.39, 0.29) is 18.6 Å². The fraction of sp³-hybridized carbons (Fsp3) is 0.556. The second-order valence-corrected chi connectivity index (χ2v) is 10.4. The van der Waals surface area contributed by atoms with E-state index < -0.39 is 0 Å². The Morgan fingerprint density at radius 1 is 1.15 bits per heavy atom. The molecule has 2 saturated heterocycles. The molecule has 11 nitrogen and oxygen atoms in total. The number of nitrogens with one attached hydrogen (secondary N) is 1. The first-order chi connectivity index (χ1) is 19.1. The van der Waals surface area contributed by atoms with Crippen LogP contribution in [0.5, 0.6) is 6.01 Å². The number of morpholine rings is 1. The number of nitrogens with zero attached hydrogens (tertiary/aromatic N) is 5. The normalized spacial score (nSPS) is 18.3. The van der Waals surface area contributed by atoms with Gasteiger partial charge < -0.3 is 24.3 Å². The number of benzene rings is 1. The predicted molar refractivity (Wildman–Crippen MR) is 149 cm³/mol. The van der Waals surface area contributed by atoms with E-state index in [1.165, 1.54) is 7.11 Å². The molecule has 0 amide bonds. The van der Waals surface area contributed by atoms with E-state index in [0.717, 1.165) is 76.3 Å². The fourth-order valence-electron chi connectivity index (χ4n) is 4.80. The lowest BCUT2D eigenvalue weighted by atomic mass is 10.1. The lowest BCUT2D eigenvalue weighted by Gasteiger charge is -2.26. The van der Waals surface area contributed by atoms with Crippen molar-refractivity contribution in [1.29, 1.82) is 0 Å². The molecule has 4 heterocycles. The second kappa shape index (κ2) is 13.5. The van der Waals surface area contributed by atoms with Gasteiger partial charge in [-0.25, -0.2) is 4.98 Å². The van der Waals surface area contributed by atoms with Crippen LogP contribution in [0.1, 0.15) is 36.8 Å². The third-order valence-corrected chi connectivity index (χ3v) is 7.47. The quantitative estimate of drug-likeness (QED) is 0.199. The van der Waals surface area contributed by atoms with Crippen LogP contribution in [0.3, 0.4) is 0 Å². The molecular formula is C27H35BrN6O5. The number of aromatic nitrogens is 4. The van der Waals surface area contributed by atoms with Crippen LogP contribution < -0.4 is 10.1 Å². The van der Waals surface area contributed by atoms with Gasteiger partial charge in [0.2, 0.25) is 0 Å². The molecule has 0 saturated carbocycles. The first-order valence-corrected chi connectivity index (χ1v) is 14.3. The van der Waals surface area contributed by atoms with Gasteiger partial charge in [-0.1, -0.05) is 24.3 Å². The number of esters is 1. The standard InChI is InChI=1S/C27H35BrN6O5/c1-36-22(35)17-19-6-4-7-20(16-19)18-34-25-23(30-26(34)28)24(29-21-8-2-3-12-38-21)31-27(32-25)39-13-5-9-33-10-14-37-15-11-33/h4,6-7,16,21H,2-3,5,8-15,17-18H2,1H3,(H,29,31,32). The Balaban J connectivity index is 1.37. The van der Waals surface area contributed by atoms with Gasteiger partial charge in [0.25, 0.3) is 0 Å². The van der Waals surface area contributed by atoms with Crippen LogP contribution >= 0.6 is 15.9 Å². The van der Waals surface area contributed by atoms with Crippen molar-refractivity contribution in [2.75, 3.05) is 58.5 Å². The van der Waals surface area contributed by atoms with Crippen molar-refractivity contribution in [3.8, 4) is 6.01 Å². The SMILES string of the molecule is COC(=O)Cc1cccc(Cn2c(Br)nc3c(NC4CCCCO4)nc(OCCCN4CCOCC4)nc32)c1. The number of anilines is 1. The number of imidazole rings is 1. The van der Waals surface area contributed by atoms with Gasteiger partial charge in [0.1, 0.15) is 6.23 Å². The Morgan fingerprint density at radius 3 is 2.79 bits per heavy atom. The van der Waals surface area contributed by atoms with Crippen LogP contribution in [0.2, 0.25) is 0 Å². The first kappa shape index (κ1) is 27.8. The molecule has 0 spiro atoms. The minimum absolute atomic E-state index is 0.134. The summed E-state index contributed by atoms with van der Waals surface area (Å²) in [4.78, 5) is 28.4. The Bertz CT molecular complexity index is 1260. The van der Waals surface area contributed by atoms with E-state index in [2.05, 4.69) is 26.1 Å². The van der Waals surface area contributed by atoms with Crippen molar-refractivity contribution in [3.63, 3.8) is 0 Å². The number of methoxy groups -OCH3 is 1. The van der Waals surface area contributed by atoms with Crippen molar-refractivity contribution >= 4 is 38.9 Å². The Labute approximate surface area is 236 Å². The molecule has 0 aliphatic carbocycles. The molecule has 210 valence electrons. The van der Waals surface area contributed by atoms with E-state index in [1.807, 2.05) is 28.8 Å². The van der Waals surface area contributed by atoms with Crippen LogP contribution in [0.15, 0.2) is 29.0 Å². The largest absolute Gasteiger partial charge is 0.469 e. The summed E-state index contributed by atoms with van der Waals surface area (Å²) < 4.78 is 24.8. The highest BCUT2D eigenvalue weighted by Crippen LogP contribution is 2.29. The summed E-state index contributed by atoms with van der Waals surface area (Å²) >= 11 is 3.62. The molecule has 0 radical (unpaired) electrons. The molecule has 1 atom stereocenters. The van der Waals surface area contributed by atoms with Crippen molar-refractivity contribution in [3.05, 3.63) is 40.1 Å². The van der Waals surface area contributed by atoms with E-state index in [4.69, 9.17) is 33.9 Å². The summed E-state index contributed by atoms with van der Waals surface area (Å²) in [6.07, 6.45) is 4.00. The highest BCUT2D eigenvalue weighted by Gasteiger charge is 2.22. The maximum absolute atomic E-state index is 11.8. The highest BCUT2D eigenvalue weighted by molar-refractivity contribution is 9.10. The van der Waals surface area contributed by atoms with Crippen molar-refractivity contribution in [2.45, 2.75) is 44.9 Å². The van der Waals surface area contributed by atoms with Gasteiger partial charge in [-0.15, -0.1) is 0 Å². The third kappa shape index (κ3) is 7.44. The zero-order valence-corrected chi connectivity index (χ0v) is 23.8. The molecule has 0 bridgehead atoms. The molecule has 3 aromatic rings. The van der Waals surface area contributed by atoms with Gasteiger partial charge in [-0.2, -0.15) is 9.97 Å². The lowest BCUT2D eigenvalue weighted by molar-refractivity contribution is -0.139. The van der Waals surface area contributed by atoms with Gasteiger partial charge in [-0.05, 0) is 52.7 Å². The smallest absolute Gasteiger partial charge is 0.320 e. The van der Waals surface area contributed by atoms with Gasteiger partial charge in [0.05, 0.1) is 39.9 Å². The van der Waals surface area contributed by atoms with E-state index in [9.17, 15) is 4.79 Å². The monoisotopic (exact) mass is 602 g/mol. The second-order valence-electron chi connectivity index (χ2n) is 9.72. The number of fused-ring (bicyclic) bond motifs is 1. The zero-order valence-electron chi connectivity index (χ0n) is 22.2. The van der Waals surface area contributed by atoms with E-state index >= 15 is 0 Å². The fourth-order valence-corrected chi connectivity index (χ4v) is 5.27. The molecular weight excluding hydrogens is 568 g/mol. The van der Waals surface area contributed by atoms with Gasteiger partial charge >= 0.3 is 12.0 Å². The molecule has 2 aliphatic rings. The van der Waals surface area contributed by atoms with Crippen molar-refractivity contribution < 1.29 is 23.7 Å². The summed E-state index contributed by atoms with van der Waals surface area (Å²) in [6.45, 7) is 6.13. The number of halogens is 1. The summed E-state index contributed by atoms with van der Waals surface area (Å²) in [6, 6.07) is 8.16. The number of carbonyl (C=O) groups is 1. The van der Waals surface area contributed by atoms with E-state index in [0.29, 0.717) is 40.9 Å². The topological polar surface area (TPSA) is 113 Å². The van der Waals surface area contributed by atoms with Gasteiger partial charge in [0, 0.05) is 26.2 Å². The van der Waals surface area contributed by atoms with Crippen molar-refractivity contribution in [2.24, 2.45) is 0 Å². The Kier molecular flexibility index (Phi) is 9.62. The van der Waals surface area contributed by atoms with Crippen LogP contribution in [0.25, 0.3) is 11.2 Å². The number of hydrogen-bond donors (Lipinski definition) is 1. The van der Waals surface area contributed by atoms with Crippen LogP contribution in [-0.4, -0.2) is 89.8 Å². The highest BCUT2D eigenvalue weighted by atomic mass is 79.9. The summed E-state index contributed by atoms with van der Waals surface area (Å²) in [7, 11) is 1.40. The molecule has 1 unspecified atom stereocenters. The molecule has 5 rings (SSSR count). The predicted octanol–water partition coefficient (Wildman–Crippen LogP) is 3.39. The molecule has 2 aliphatic heterocycles. The third-order valence-electron chi connectivity index (χ3n) is 6.87. The summed E-state index contributed by atoms with van der Waals surface area (Å²) in [5.74, 6) is 0.319. The molecule has 39 heavy (non-hydrogen) atoms. The van der Waals surface area contributed by atoms with Crippen LogP contribution in [0, 0.1) is 0 Å². The maximum Gasteiger partial charge on any atom is 0.320 e. The summed E-state index contributed by atoms with van der Waals surface area (Å²) in [5, 5.41) is 3.42. The molecule has 2 fully saturated rings. The minimum Gasteiger partial charge on any atom is -0.469 e. The van der Waals surface area contributed by atoms with Crippen LogP contribution in [0.4, 0.5) is 5.82 Å². The van der Waals surface area contributed by atoms with E-state index in [1.54, 1.807) is 0 Å². The maximum atomic E-state index is 11.8. The van der Waals surface area contributed by atoms with Crippen LogP contribution in [-0.2, 0) is 32.0 Å². The average Bonchev–Trinajstić information content (AvgIpc) is 3.27. The number of rotatable bonds is 11. The average molecular weight is 604 g/mol. The zero-order chi connectivity index (χ0) is 27.0. The molecule has 1 aromatic carbocycles. The number of hydrogen-bond acceptors (Lipinski definition) is 10. The molecule has 2 aromatic heterocycles. The van der Waals surface area contributed by atoms with Gasteiger partial charge in [0.15, 0.2) is 21.7 Å². The Morgan fingerprint density at radius 2 is 2.00 bits per heavy atom. The first-order valence-electron chi connectivity index (χ1n) is 13.5. The minimum atomic E-state index is -0.273. The van der Waals surface area contributed by atoms with Crippen molar-refractivity contribution in [1.82, 2.24) is 24.4 Å². The number of carbonyl (C=O) groups excluding carboxylic acids is 1. The Hall–Kier alpha value is -2.80. The molecule has 1 N–H and O–H groups in total. The molecule has 12 heteroatoms. The van der Waals surface area contributed by atoms with Gasteiger partial charge in [-0.3, -0.25) is 14.3 Å². The number of ether oxygens (including phenoxy) is 4.